The van der Waals surface area contributed by atoms with Crippen molar-refractivity contribution in [3.8, 4) is 5.69 Å². The molecule has 0 amide bonds. The third-order valence-electron chi connectivity index (χ3n) is 3.79. The maximum Gasteiger partial charge on any atom is 0.263 e. The van der Waals surface area contributed by atoms with Crippen LogP contribution in [0.25, 0.3) is 5.69 Å². The average molecular weight is 364 g/mol. The lowest BCUT2D eigenvalue weighted by Gasteiger charge is -2.09. The number of halogens is 2. The van der Waals surface area contributed by atoms with Gasteiger partial charge in [-0.05, 0) is 51.1 Å². The summed E-state index contributed by atoms with van der Waals surface area (Å²) in [5.41, 5.74) is 6.62. The van der Waals surface area contributed by atoms with Crippen LogP contribution in [0.2, 0.25) is 0 Å². The van der Waals surface area contributed by atoms with Crippen molar-refractivity contribution in [2.45, 2.75) is 20.8 Å². The number of hydrogen-bond donors (Lipinski definition) is 2. The zero-order valence-corrected chi connectivity index (χ0v) is 14.9. The van der Waals surface area contributed by atoms with Crippen LogP contribution in [0, 0.1) is 26.6 Å². The molecule has 0 saturated heterocycles. The van der Waals surface area contributed by atoms with E-state index in [0.717, 1.165) is 22.6 Å². The molecule has 2 heterocycles. The topological polar surface area (TPSA) is 86.0 Å². The largest absolute Gasteiger partial charge is 0.335 e. The first-order valence-electron chi connectivity index (χ1n) is 7.38. The van der Waals surface area contributed by atoms with Crippen LogP contribution in [0.4, 0.5) is 10.3 Å². The predicted molar refractivity (Wildman–Crippen MR) is 98.6 cm³/mol. The number of aryl methyl sites for hydroxylation is 2. The fraction of sp³-hybridized carbons (Fsp3) is 0.188. The number of nitrogens with one attached hydrogen (secondary N) is 1. The van der Waals surface area contributed by atoms with Crippen molar-refractivity contribution >= 4 is 24.6 Å². The lowest BCUT2D eigenvalue weighted by atomic mass is 10.2. The summed E-state index contributed by atoms with van der Waals surface area (Å²) in [6.45, 7) is 5.71. The maximum absolute atomic E-state index is 13.1. The zero-order valence-electron chi connectivity index (χ0n) is 14.1. The number of rotatable bonds is 4. The van der Waals surface area contributed by atoms with Crippen molar-refractivity contribution in [3.05, 3.63) is 58.9 Å². The van der Waals surface area contributed by atoms with Crippen LogP contribution in [0.15, 0.2) is 35.4 Å². The molecule has 7 nitrogen and oxygen atoms in total. The summed E-state index contributed by atoms with van der Waals surface area (Å²) >= 11 is 0. The Balaban J connectivity index is 0.00000225. The molecule has 0 fully saturated rings. The van der Waals surface area contributed by atoms with Crippen LogP contribution in [0.3, 0.4) is 0 Å². The van der Waals surface area contributed by atoms with Crippen molar-refractivity contribution in [2.24, 2.45) is 5.10 Å². The molecule has 25 heavy (non-hydrogen) atoms. The lowest BCUT2D eigenvalue weighted by molar-refractivity contribution is 0.627. The third-order valence-corrected chi connectivity index (χ3v) is 3.79. The second kappa shape index (κ2) is 7.35. The van der Waals surface area contributed by atoms with E-state index in [2.05, 4.69) is 20.7 Å². The van der Waals surface area contributed by atoms with Gasteiger partial charge in [-0.1, -0.05) is 0 Å². The molecule has 0 unspecified atom stereocenters. The van der Waals surface area contributed by atoms with Crippen molar-refractivity contribution in [1.29, 1.82) is 0 Å². The molecule has 0 spiro atoms. The Morgan fingerprint density at radius 2 is 1.84 bits per heavy atom. The Morgan fingerprint density at radius 3 is 2.44 bits per heavy atom. The first-order valence-corrected chi connectivity index (χ1v) is 7.38. The van der Waals surface area contributed by atoms with Crippen molar-refractivity contribution in [2.75, 3.05) is 11.3 Å². The molecule has 3 aromatic rings. The van der Waals surface area contributed by atoms with Crippen LogP contribution in [-0.2, 0) is 0 Å². The fourth-order valence-corrected chi connectivity index (χ4v) is 2.51. The molecule has 3 N–H and O–H groups in total. The lowest BCUT2D eigenvalue weighted by Crippen LogP contribution is -2.13. The van der Waals surface area contributed by atoms with Crippen LogP contribution in [0.1, 0.15) is 22.8 Å². The summed E-state index contributed by atoms with van der Waals surface area (Å²) in [5, 5.41) is 11.9. The van der Waals surface area contributed by atoms with Gasteiger partial charge in [0.05, 0.1) is 6.21 Å². The second-order valence-electron chi connectivity index (χ2n) is 5.45. The first kappa shape index (κ1) is 18.5. The minimum atomic E-state index is -0.256. The summed E-state index contributed by atoms with van der Waals surface area (Å²) in [5.74, 6) is 6.44. The smallest absolute Gasteiger partial charge is 0.263 e. The predicted octanol–water partition coefficient (Wildman–Crippen LogP) is 2.71. The zero-order chi connectivity index (χ0) is 17.3. The van der Waals surface area contributed by atoms with Gasteiger partial charge in [0.2, 0.25) is 0 Å². The van der Waals surface area contributed by atoms with Gasteiger partial charge in [0.15, 0.2) is 5.82 Å². The summed E-state index contributed by atoms with van der Waals surface area (Å²) < 4.78 is 16.5. The Kier molecular flexibility index (Phi) is 5.43. The van der Waals surface area contributed by atoms with Gasteiger partial charge in [0.25, 0.3) is 5.95 Å². The van der Waals surface area contributed by atoms with E-state index < -0.39 is 0 Å². The van der Waals surface area contributed by atoms with E-state index in [4.69, 9.17) is 5.84 Å². The monoisotopic (exact) mass is 363 g/mol. The molecule has 0 bridgehead atoms. The number of nitrogen functional groups attached to an aromatic ring is 1. The van der Waals surface area contributed by atoms with Crippen LogP contribution >= 0.6 is 12.4 Å². The SMILES string of the molecule is Cc1nnc(N/N=C/c2cc(C)n(-c3ccc(F)cc3)c2C)n1N.Cl. The summed E-state index contributed by atoms with van der Waals surface area (Å²) in [6.07, 6.45) is 1.69. The molecule has 2 aromatic heterocycles. The van der Waals surface area contributed by atoms with Gasteiger partial charge < -0.3 is 10.4 Å². The van der Waals surface area contributed by atoms with Crippen molar-refractivity contribution in [1.82, 2.24) is 19.4 Å². The van der Waals surface area contributed by atoms with Crippen LogP contribution in [0.5, 0.6) is 0 Å². The molecule has 3 rings (SSSR count). The summed E-state index contributed by atoms with van der Waals surface area (Å²) in [6, 6.07) is 8.38. The highest BCUT2D eigenvalue weighted by Gasteiger charge is 2.10. The number of hydrogen-bond acceptors (Lipinski definition) is 5. The van der Waals surface area contributed by atoms with E-state index in [0.29, 0.717) is 11.8 Å². The quantitative estimate of drug-likeness (QED) is 0.424. The van der Waals surface area contributed by atoms with E-state index in [1.54, 1.807) is 25.3 Å². The number of anilines is 1. The van der Waals surface area contributed by atoms with Crippen LogP contribution in [-0.4, -0.2) is 25.7 Å². The average Bonchev–Trinajstić information content (AvgIpc) is 3.02. The van der Waals surface area contributed by atoms with Crippen molar-refractivity contribution < 1.29 is 4.39 Å². The second-order valence-corrected chi connectivity index (χ2v) is 5.45. The van der Waals surface area contributed by atoms with Gasteiger partial charge in [-0.25, -0.2) is 14.5 Å². The fourth-order valence-electron chi connectivity index (χ4n) is 2.51. The van der Waals surface area contributed by atoms with E-state index in [1.807, 2.05) is 24.5 Å². The van der Waals surface area contributed by atoms with Gasteiger partial charge in [-0.3, -0.25) is 0 Å². The molecule has 0 aliphatic heterocycles. The molecule has 0 radical (unpaired) electrons. The minimum absolute atomic E-state index is 0. The Hall–Kier alpha value is -2.87. The molecule has 0 atom stereocenters. The number of hydrazone groups is 1. The Morgan fingerprint density at radius 1 is 1.16 bits per heavy atom. The Labute approximate surface area is 150 Å². The summed E-state index contributed by atoms with van der Waals surface area (Å²) in [4.78, 5) is 0. The molecule has 0 saturated carbocycles. The molecular weight excluding hydrogens is 345 g/mol. The van der Waals surface area contributed by atoms with Crippen molar-refractivity contribution in [3.63, 3.8) is 0 Å². The van der Waals surface area contributed by atoms with Gasteiger partial charge in [-0.15, -0.1) is 22.6 Å². The highest BCUT2D eigenvalue weighted by molar-refractivity contribution is 5.85. The van der Waals surface area contributed by atoms with Crippen LogP contribution < -0.4 is 11.3 Å². The van der Waals surface area contributed by atoms with E-state index in [9.17, 15) is 4.39 Å². The van der Waals surface area contributed by atoms with E-state index in [-0.39, 0.29) is 18.2 Å². The minimum Gasteiger partial charge on any atom is -0.335 e. The van der Waals surface area contributed by atoms with E-state index >= 15 is 0 Å². The van der Waals surface area contributed by atoms with E-state index in [1.165, 1.54) is 16.8 Å². The van der Waals surface area contributed by atoms with Gasteiger partial charge in [0.1, 0.15) is 5.82 Å². The van der Waals surface area contributed by atoms with Gasteiger partial charge >= 0.3 is 0 Å². The molecular formula is C16H19ClFN7. The number of aromatic nitrogens is 4. The number of nitrogens with two attached hydrogens (primary N) is 1. The normalized spacial score (nSPS) is 10.9. The highest BCUT2D eigenvalue weighted by Crippen LogP contribution is 2.20. The number of benzene rings is 1. The molecule has 0 aliphatic rings. The van der Waals surface area contributed by atoms with Gasteiger partial charge in [0, 0.05) is 22.6 Å². The number of nitrogens with zero attached hydrogens (tertiary/aromatic N) is 5. The standard InChI is InChI=1S/C16H18FN7.ClH/c1-10-8-13(9-19-21-16-22-20-12(3)24(16)18)11(2)23(10)15-6-4-14(17)5-7-15;/h4-9H,18H2,1-3H3,(H,21,22);1H/b19-9+;. The Bertz CT molecular complexity index is 896. The molecule has 9 heteroatoms. The molecule has 132 valence electrons. The van der Waals surface area contributed by atoms with Gasteiger partial charge in [-0.2, -0.15) is 5.10 Å². The molecule has 0 aliphatic carbocycles. The third kappa shape index (κ3) is 3.63. The first-order chi connectivity index (χ1) is 11.5. The highest BCUT2D eigenvalue weighted by atomic mass is 35.5. The maximum atomic E-state index is 13.1. The molecule has 1 aromatic carbocycles. The summed E-state index contributed by atoms with van der Waals surface area (Å²) in [7, 11) is 0.